The van der Waals surface area contributed by atoms with Gasteiger partial charge in [0.1, 0.15) is 5.75 Å². The molecule has 2 aromatic rings. The zero-order valence-corrected chi connectivity index (χ0v) is 18.5. The van der Waals surface area contributed by atoms with Crippen LogP contribution in [0.4, 0.5) is 0 Å². The Bertz CT molecular complexity index is 933. The molecule has 1 aromatic heterocycles. The van der Waals surface area contributed by atoms with E-state index in [2.05, 4.69) is 4.90 Å². The number of esters is 1. The molecule has 0 radical (unpaired) electrons. The Balaban J connectivity index is 1.99. The predicted molar refractivity (Wildman–Crippen MR) is 118 cm³/mol. The normalized spacial score (nSPS) is 16.2. The molecule has 1 aromatic carbocycles. The minimum atomic E-state index is -0.397. The molecule has 0 saturated carbocycles. The molecule has 0 bridgehead atoms. The lowest BCUT2D eigenvalue weighted by Crippen LogP contribution is -2.42. The van der Waals surface area contributed by atoms with Crippen LogP contribution in [0.3, 0.4) is 0 Å². The van der Waals surface area contributed by atoms with Gasteiger partial charge in [-0.25, -0.2) is 0 Å². The van der Waals surface area contributed by atoms with Crippen LogP contribution in [0, 0.1) is 12.8 Å². The average molecular weight is 429 g/mol. The Hall–Kier alpha value is -2.64. The van der Waals surface area contributed by atoms with E-state index in [4.69, 9.17) is 9.47 Å². The van der Waals surface area contributed by atoms with Gasteiger partial charge in [-0.3, -0.25) is 14.5 Å². The SMILES string of the molecule is CCOC(=O)C1CCN([C@H](c2ccccc2)c2c(O)cc(C)n(CCOC)c2=O)CC1. The average Bonchev–Trinajstić information content (AvgIpc) is 2.77. The number of piperidine rings is 1. The summed E-state index contributed by atoms with van der Waals surface area (Å²) in [5.41, 5.74) is 1.78. The molecule has 1 aliphatic rings. The highest BCUT2D eigenvalue weighted by molar-refractivity contribution is 5.72. The van der Waals surface area contributed by atoms with E-state index in [0.717, 1.165) is 5.56 Å². The first-order chi connectivity index (χ1) is 15.0. The number of nitrogens with zero attached hydrogens (tertiary/aromatic N) is 2. The third kappa shape index (κ3) is 5.17. The fourth-order valence-corrected chi connectivity index (χ4v) is 4.34. The molecular weight excluding hydrogens is 396 g/mol. The van der Waals surface area contributed by atoms with Gasteiger partial charge in [-0.2, -0.15) is 0 Å². The molecule has 0 spiro atoms. The zero-order valence-electron chi connectivity index (χ0n) is 18.5. The van der Waals surface area contributed by atoms with Crippen molar-refractivity contribution in [3.8, 4) is 5.75 Å². The molecule has 1 aliphatic heterocycles. The topological polar surface area (TPSA) is 81.0 Å². The van der Waals surface area contributed by atoms with Crippen LogP contribution in [-0.4, -0.2) is 54.0 Å². The predicted octanol–water partition coefficient (Wildman–Crippen LogP) is 2.87. The van der Waals surface area contributed by atoms with Crippen LogP contribution in [0.15, 0.2) is 41.2 Å². The molecule has 0 amide bonds. The fraction of sp³-hybridized carbons (Fsp3) is 0.500. The molecular formula is C24H32N2O5. The van der Waals surface area contributed by atoms with Gasteiger partial charge in [0.15, 0.2) is 0 Å². The smallest absolute Gasteiger partial charge is 0.309 e. The Morgan fingerprint density at radius 1 is 1.23 bits per heavy atom. The molecule has 3 rings (SSSR count). The van der Waals surface area contributed by atoms with Crippen molar-refractivity contribution in [1.82, 2.24) is 9.47 Å². The van der Waals surface area contributed by atoms with Crippen LogP contribution in [0.2, 0.25) is 0 Å². The summed E-state index contributed by atoms with van der Waals surface area (Å²) in [4.78, 5) is 27.8. The maximum atomic E-state index is 13.5. The summed E-state index contributed by atoms with van der Waals surface area (Å²) >= 11 is 0. The Morgan fingerprint density at radius 3 is 2.52 bits per heavy atom. The highest BCUT2D eigenvalue weighted by atomic mass is 16.5. The summed E-state index contributed by atoms with van der Waals surface area (Å²) in [5.74, 6) is -0.284. The quantitative estimate of drug-likeness (QED) is 0.651. The Morgan fingerprint density at radius 2 is 1.90 bits per heavy atom. The summed E-state index contributed by atoms with van der Waals surface area (Å²) in [6.45, 7) is 6.09. The van der Waals surface area contributed by atoms with Crippen molar-refractivity contribution in [2.45, 2.75) is 39.3 Å². The molecule has 2 heterocycles. The zero-order chi connectivity index (χ0) is 22.4. The fourth-order valence-electron chi connectivity index (χ4n) is 4.34. The number of aromatic hydroxyl groups is 1. The number of pyridine rings is 1. The van der Waals surface area contributed by atoms with Gasteiger partial charge in [-0.05, 0) is 51.4 Å². The standard InChI is InChI=1S/C24H32N2O5/c1-4-31-24(29)19-10-12-25(13-11-19)22(18-8-6-5-7-9-18)21-20(27)16-17(2)26(23(21)28)14-15-30-3/h5-9,16,19,22,27H,4,10-15H2,1-3H3/t22-/m1/s1. The monoisotopic (exact) mass is 428 g/mol. The third-order valence-electron chi connectivity index (χ3n) is 5.95. The van der Waals surface area contributed by atoms with Crippen molar-refractivity contribution in [3.05, 3.63) is 63.6 Å². The number of hydrogen-bond acceptors (Lipinski definition) is 6. The molecule has 7 nitrogen and oxygen atoms in total. The van der Waals surface area contributed by atoms with E-state index >= 15 is 0 Å². The van der Waals surface area contributed by atoms with E-state index in [1.165, 1.54) is 0 Å². The van der Waals surface area contributed by atoms with Crippen molar-refractivity contribution in [2.75, 3.05) is 33.4 Å². The largest absolute Gasteiger partial charge is 0.507 e. The van der Waals surface area contributed by atoms with Gasteiger partial charge in [0.25, 0.3) is 5.56 Å². The second-order valence-electron chi connectivity index (χ2n) is 7.91. The second kappa shape index (κ2) is 10.6. The molecule has 0 unspecified atom stereocenters. The number of methoxy groups -OCH3 is 1. The Kier molecular flexibility index (Phi) is 7.87. The van der Waals surface area contributed by atoms with Crippen molar-refractivity contribution in [2.24, 2.45) is 5.92 Å². The molecule has 1 saturated heterocycles. The minimum Gasteiger partial charge on any atom is -0.507 e. The number of carbonyl (C=O) groups is 1. The first kappa shape index (κ1) is 23.0. The van der Waals surface area contributed by atoms with Gasteiger partial charge >= 0.3 is 5.97 Å². The first-order valence-electron chi connectivity index (χ1n) is 10.9. The van der Waals surface area contributed by atoms with Crippen LogP contribution in [0.5, 0.6) is 5.75 Å². The van der Waals surface area contributed by atoms with Gasteiger partial charge in [-0.15, -0.1) is 0 Å². The van der Waals surface area contributed by atoms with E-state index in [9.17, 15) is 14.7 Å². The molecule has 168 valence electrons. The number of rotatable bonds is 8. The van der Waals surface area contributed by atoms with Gasteiger partial charge in [0.05, 0.1) is 30.7 Å². The van der Waals surface area contributed by atoms with Crippen LogP contribution in [-0.2, 0) is 20.8 Å². The number of benzene rings is 1. The van der Waals surface area contributed by atoms with Gasteiger partial charge < -0.3 is 19.1 Å². The van der Waals surface area contributed by atoms with Crippen LogP contribution in [0.1, 0.15) is 42.6 Å². The summed E-state index contributed by atoms with van der Waals surface area (Å²) < 4.78 is 12.0. The molecule has 1 N–H and O–H groups in total. The summed E-state index contributed by atoms with van der Waals surface area (Å²) in [6, 6.07) is 11.0. The lowest BCUT2D eigenvalue weighted by Gasteiger charge is -2.37. The summed E-state index contributed by atoms with van der Waals surface area (Å²) in [6.07, 6.45) is 1.32. The van der Waals surface area contributed by atoms with Crippen molar-refractivity contribution in [3.63, 3.8) is 0 Å². The number of hydrogen-bond donors (Lipinski definition) is 1. The van der Waals surface area contributed by atoms with E-state index in [1.807, 2.05) is 44.2 Å². The molecule has 1 atom stereocenters. The molecule has 7 heteroatoms. The Labute approximate surface area is 183 Å². The second-order valence-corrected chi connectivity index (χ2v) is 7.91. The van der Waals surface area contributed by atoms with Crippen LogP contribution < -0.4 is 5.56 Å². The van der Waals surface area contributed by atoms with Crippen molar-refractivity contribution >= 4 is 5.97 Å². The third-order valence-corrected chi connectivity index (χ3v) is 5.95. The van der Waals surface area contributed by atoms with E-state index in [1.54, 1.807) is 17.7 Å². The number of aromatic nitrogens is 1. The maximum Gasteiger partial charge on any atom is 0.309 e. The molecule has 1 fully saturated rings. The van der Waals surface area contributed by atoms with E-state index in [-0.39, 0.29) is 23.2 Å². The minimum absolute atomic E-state index is 0.00228. The lowest BCUT2D eigenvalue weighted by molar-refractivity contribution is -0.149. The van der Waals surface area contributed by atoms with E-state index < -0.39 is 6.04 Å². The highest BCUT2D eigenvalue weighted by Crippen LogP contribution is 2.35. The number of ether oxygens (including phenoxy) is 2. The lowest BCUT2D eigenvalue weighted by atomic mass is 9.91. The first-order valence-corrected chi connectivity index (χ1v) is 10.9. The highest BCUT2D eigenvalue weighted by Gasteiger charge is 2.34. The number of aryl methyl sites for hydroxylation is 1. The number of carbonyl (C=O) groups excluding carboxylic acids is 1. The molecule has 31 heavy (non-hydrogen) atoms. The van der Waals surface area contributed by atoms with E-state index in [0.29, 0.717) is 56.9 Å². The van der Waals surface area contributed by atoms with Crippen molar-refractivity contribution in [1.29, 1.82) is 0 Å². The molecule has 0 aliphatic carbocycles. The van der Waals surface area contributed by atoms with Crippen molar-refractivity contribution < 1.29 is 19.4 Å². The summed E-state index contributed by atoms with van der Waals surface area (Å²) in [5, 5.41) is 10.8. The number of likely N-dealkylation sites (tertiary alicyclic amines) is 1. The van der Waals surface area contributed by atoms with Crippen LogP contribution in [0.25, 0.3) is 0 Å². The van der Waals surface area contributed by atoms with Gasteiger partial charge in [0.2, 0.25) is 0 Å². The maximum absolute atomic E-state index is 13.5. The van der Waals surface area contributed by atoms with Gasteiger partial charge in [-0.1, -0.05) is 30.3 Å². The van der Waals surface area contributed by atoms with Gasteiger partial charge in [0, 0.05) is 19.3 Å². The van der Waals surface area contributed by atoms with Crippen LogP contribution >= 0.6 is 0 Å². The summed E-state index contributed by atoms with van der Waals surface area (Å²) in [7, 11) is 1.60.